The third kappa shape index (κ3) is 10.5. The molecule has 2 aromatic rings. The van der Waals surface area contributed by atoms with Crippen LogP contribution in [0.3, 0.4) is 0 Å². The molecule has 4 N–H and O–H groups in total. The number of rotatable bonds is 15. The molecule has 0 unspecified atom stereocenters. The van der Waals surface area contributed by atoms with E-state index >= 15 is 0 Å². The lowest BCUT2D eigenvalue weighted by atomic mass is 10.1. The van der Waals surface area contributed by atoms with Gasteiger partial charge in [-0.1, -0.05) is 51.4 Å². The van der Waals surface area contributed by atoms with Crippen molar-refractivity contribution in [1.82, 2.24) is 0 Å². The summed E-state index contributed by atoms with van der Waals surface area (Å²) in [5, 5.41) is 37.3. The predicted molar refractivity (Wildman–Crippen MR) is 126 cm³/mol. The number of aromatic hydroxyl groups is 4. The molecule has 34 heavy (non-hydrogen) atoms. The Kier molecular flexibility index (Phi) is 11.6. The van der Waals surface area contributed by atoms with E-state index in [1.807, 2.05) is 0 Å². The highest BCUT2D eigenvalue weighted by Gasteiger charge is 2.08. The molecular weight excluding hydrogens is 440 g/mol. The van der Waals surface area contributed by atoms with Crippen molar-refractivity contribution in [3.8, 4) is 34.5 Å². The molecule has 0 aliphatic heterocycles. The Morgan fingerprint density at radius 1 is 0.500 bits per heavy atom. The first-order valence-corrected chi connectivity index (χ1v) is 11.8. The van der Waals surface area contributed by atoms with Crippen LogP contribution in [-0.4, -0.2) is 32.4 Å². The maximum atomic E-state index is 11.8. The molecule has 8 heteroatoms. The molecule has 0 spiro atoms. The zero-order valence-corrected chi connectivity index (χ0v) is 19.4. The van der Waals surface area contributed by atoms with Crippen LogP contribution in [0.5, 0.6) is 34.5 Å². The van der Waals surface area contributed by atoms with Crippen molar-refractivity contribution in [1.29, 1.82) is 0 Å². The molecule has 2 aromatic carbocycles. The number of unbranched alkanes of at least 4 members (excludes halogenated alkanes) is 9. The Labute approximate surface area is 199 Å². The first-order valence-electron chi connectivity index (χ1n) is 11.8. The minimum Gasteiger partial charge on any atom is -0.504 e. The van der Waals surface area contributed by atoms with Gasteiger partial charge in [-0.25, -0.2) is 0 Å². The number of carbonyl (C=O) groups excluding carboxylic acids is 2. The van der Waals surface area contributed by atoms with E-state index in [-0.39, 0.29) is 46.4 Å². The monoisotopic (exact) mass is 474 g/mol. The molecule has 0 aliphatic rings. The zero-order valence-electron chi connectivity index (χ0n) is 19.4. The number of phenols is 4. The molecule has 0 fully saturated rings. The zero-order chi connectivity index (χ0) is 24.8. The van der Waals surface area contributed by atoms with Crippen molar-refractivity contribution in [3.05, 3.63) is 36.4 Å². The quantitative estimate of drug-likeness (QED) is 0.112. The second-order valence-corrected chi connectivity index (χ2v) is 8.28. The second kappa shape index (κ2) is 14.7. The molecule has 0 atom stereocenters. The van der Waals surface area contributed by atoms with Crippen molar-refractivity contribution < 1.29 is 39.5 Å². The van der Waals surface area contributed by atoms with E-state index in [1.54, 1.807) is 0 Å². The molecule has 8 nitrogen and oxygen atoms in total. The predicted octanol–water partition coefficient (Wildman–Crippen LogP) is 5.70. The number of carbonyl (C=O) groups is 2. The lowest BCUT2D eigenvalue weighted by molar-refractivity contribution is -0.135. The van der Waals surface area contributed by atoms with Crippen molar-refractivity contribution in [2.45, 2.75) is 77.0 Å². The number of ether oxygens (including phenoxy) is 2. The van der Waals surface area contributed by atoms with Gasteiger partial charge >= 0.3 is 11.9 Å². The summed E-state index contributed by atoms with van der Waals surface area (Å²) in [6.45, 7) is 0. The summed E-state index contributed by atoms with van der Waals surface area (Å²) in [6, 6.07) is 7.84. The van der Waals surface area contributed by atoms with Crippen LogP contribution in [0.25, 0.3) is 0 Å². The van der Waals surface area contributed by atoms with Gasteiger partial charge in [-0.3, -0.25) is 9.59 Å². The van der Waals surface area contributed by atoms with E-state index in [9.17, 15) is 30.0 Å². The highest BCUT2D eigenvalue weighted by atomic mass is 16.5. The van der Waals surface area contributed by atoms with Crippen LogP contribution < -0.4 is 9.47 Å². The average molecular weight is 475 g/mol. The summed E-state index contributed by atoms with van der Waals surface area (Å²) in [5.74, 6) is -1.42. The maximum absolute atomic E-state index is 11.8. The van der Waals surface area contributed by atoms with Gasteiger partial charge < -0.3 is 29.9 Å². The standard InChI is InChI=1S/C26H34O8/c27-21-15-13-19(17-23(21)29)33-25(31)11-9-7-5-3-1-2-4-6-8-10-12-26(32)34-20-14-16-22(28)24(30)18-20/h13-18,27-30H,1-12H2. The Hall–Kier alpha value is -3.42. The Balaban J connectivity index is 1.39. The van der Waals surface area contributed by atoms with Gasteiger partial charge in [0.2, 0.25) is 0 Å². The maximum Gasteiger partial charge on any atom is 0.311 e. The van der Waals surface area contributed by atoms with Gasteiger partial charge in [-0.15, -0.1) is 0 Å². The van der Waals surface area contributed by atoms with E-state index in [1.165, 1.54) is 36.4 Å². The summed E-state index contributed by atoms with van der Waals surface area (Å²) < 4.78 is 10.3. The van der Waals surface area contributed by atoms with Gasteiger partial charge in [0.05, 0.1) is 0 Å². The van der Waals surface area contributed by atoms with Gasteiger partial charge in [0.25, 0.3) is 0 Å². The summed E-state index contributed by atoms with van der Waals surface area (Å²) in [6.07, 6.45) is 10.7. The molecule has 186 valence electrons. The fraction of sp³-hybridized carbons (Fsp3) is 0.462. The minimum atomic E-state index is -0.352. The Morgan fingerprint density at radius 3 is 1.15 bits per heavy atom. The van der Waals surface area contributed by atoms with E-state index in [2.05, 4.69) is 0 Å². The van der Waals surface area contributed by atoms with E-state index < -0.39 is 0 Å². The largest absolute Gasteiger partial charge is 0.504 e. The highest BCUT2D eigenvalue weighted by molar-refractivity contribution is 5.73. The SMILES string of the molecule is O=C(CCCCCCCCCCCCC(=O)Oc1ccc(O)c(O)c1)Oc1ccc(O)c(O)c1. The summed E-state index contributed by atoms with van der Waals surface area (Å²) in [5.41, 5.74) is 0. The van der Waals surface area contributed by atoms with Gasteiger partial charge in [0.15, 0.2) is 23.0 Å². The van der Waals surface area contributed by atoms with Crippen LogP contribution in [0.4, 0.5) is 0 Å². The van der Waals surface area contributed by atoms with Crippen LogP contribution in [0.2, 0.25) is 0 Å². The van der Waals surface area contributed by atoms with E-state index in [4.69, 9.17) is 9.47 Å². The average Bonchev–Trinajstić information content (AvgIpc) is 2.79. The topological polar surface area (TPSA) is 134 Å². The van der Waals surface area contributed by atoms with Crippen molar-refractivity contribution in [2.75, 3.05) is 0 Å². The fourth-order valence-corrected chi connectivity index (χ4v) is 3.45. The third-order valence-corrected chi connectivity index (χ3v) is 5.37. The Bertz CT molecular complexity index is 850. The summed E-state index contributed by atoms with van der Waals surface area (Å²) in [7, 11) is 0. The Morgan fingerprint density at radius 2 is 0.824 bits per heavy atom. The van der Waals surface area contributed by atoms with Gasteiger partial charge in [0.1, 0.15) is 11.5 Å². The van der Waals surface area contributed by atoms with Crippen LogP contribution in [-0.2, 0) is 9.59 Å². The molecule has 0 heterocycles. The number of esters is 2. The third-order valence-electron chi connectivity index (χ3n) is 5.37. The van der Waals surface area contributed by atoms with Crippen molar-refractivity contribution in [2.24, 2.45) is 0 Å². The highest BCUT2D eigenvalue weighted by Crippen LogP contribution is 2.29. The van der Waals surface area contributed by atoms with Crippen LogP contribution in [0.1, 0.15) is 77.0 Å². The molecule has 0 saturated carbocycles. The summed E-state index contributed by atoms with van der Waals surface area (Å²) >= 11 is 0. The van der Waals surface area contributed by atoms with E-state index in [0.29, 0.717) is 12.8 Å². The molecule has 2 rings (SSSR count). The van der Waals surface area contributed by atoms with Crippen LogP contribution in [0, 0.1) is 0 Å². The molecular formula is C26H34O8. The number of phenolic OH excluding ortho intramolecular Hbond substituents is 4. The molecule has 0 amide bonds. The normalized spacial score (nSPS) is 10.7. The summed E-state index contributed by atoms with van der Waals surface area (Å²) in [4.78, 5) is 23.6. The molecule has 0 aromatic heterocycles. The minimum absolute atomic E-state index is 0.217. The smallest absolute Gasteiger partial charge is 0.311 e. The number of hydrogen-bond donors (Lipinski definition) is 4. The number of hydrogen-bond acceptors (Lipinski definition) is 8. The molecule has 0 saturated heterocycles. The molecule has 0 aliphatic carbocycles. The lowest BCUT2D eigenvalue weighted by Crippen LogP contribution is -2.07. The second-order valence-electron chi connectivity index (χ2n) is 8.28. The first kappa shape index (κ1) is 26.8. The van der Waals surface area contributed by atoms with Gasteiger partial charge in [0, 0.05) is 25.0 Å². The van der Waals surface area contributed by atoms with Crippen molar-refractivity contribution in [3.63, 3.8) is 0 Å². The van der Waals surface area contributed by atoms with Crippen LogP contribution in [0.15, 0.2) is 36.4 Å². The van der Waals surface area contributed by atoms with Gasteiger partial charge in [-0.2, -0.15) is 0 Å². The van der Waals surface area contributed by atoms with E-state index in [0.717, 1.165) is 64.2 Å². The van der Waals surface area contributed by atoms with Crippen LogP contribution >= 0.6 is 0 Å². The molecule has 0 bridgehead atoms. The van der Waals surface area contributed by atoms with Crippen molar-refractivity contribution >= 4 is 11.9 Å². The molecule has 0 radical (unpaired) electrons. The fourth-order valence-electron chi connectivity index (χ4n) is 3.45. The van der Waals surface area contributed by atoms with Gasteiger partial charge in [-0.05, 0) is 37.1 Å². The first-order chi connectivity index (χ1) is 16.3. The number of benzene rings is 2. The lowest BCUT2D eigenvalue weighted by Gasteiger charge is -2.06.